The molecule has 2 heterocycles. The predicted octanol–water partition coefficient (Wildman–Crippen LogP) is 1.73. The maximum atomic E-state index is 12.0. The van der Waals surface area contributed by atoms with Gasteiger partial charge in [-0.05, 0) is 44.2 Å². The van der Waals surface area contributed by atoms with Crippen LogP contribution >= 0.6 is 0 Å². The summed E-state index contributed by atoms with van der Waals surface area (Å²) in [5.74, 6) is 0.195. The zero-order chi connectivity index (χ0) is 18.1. The molecule has 1 aromatic carbocycles. The van der Waals surface area contributed by atoms with Crippen molar-refractivity contribution in [3.63, 3.8) is 0 Å². The van der Waals surface area contributed by atoms with E-state index in [9.17, 15) is 13.5 Å². The summed E-state index contributed by atoms with van der Waals surface area (Å²) in [7, 11) is 0.0476. The van der Waals surface area contributed by atoms with E-state index in [0.717, 1.165) is 25.8 Å². The normalized spacial score (nSPS) is 29.6. The summed E-state index contributed by atoms with van der Waals surface area (Å²) in [6, 6.07) is 11.3. The first-order valence-corrected chi connectivity index (χ1v) is 10.8. The average Bonchev–Trinajstić information content (AvgIpc) is 3.10. The first-order chi connectivity index (χ1) is 11.9. The van der Waals surface area contributed by atoms with Crippen LogP contribution in [0.1, 0.15) is 31.2 Å². The molecule has 6 heteroatoms. The summed E-state index contributed by atoms with van der Waals surface area (Å²) in [5, 5.41) is 10.2. The lowest BCUT2D eigenvalue weighted by Gasteiger charge is -2.36. The van der Waals surface area contributed by atoms with Gasteiger partial charge in [-0.1, -0.05) is 30.3 Å². The van der Waals surface area contributed by atoms with E-state index in [1.165, 1.54) is 16.3 Å². The van der Waals surface area contributed by atoms with Crippen LogP contribution in [-0.2, 0) is 16.4 Å². The fourth-order valence-corrected chi connectivity index (χ4v) is 5.65. The third-order valence-electron chi connectivity index (χ3n) is 6.08. The third kappa shape index (κ3) is 3.77. The number of fused-ring (bicyclic) bond motifs is 2. The molecule has 140 valence electrons. The van der Waals surface area contributed by atoms with Crippen LogP contribution in [0.15, 0.2) is 30.3 Å². The number of aliphatic hydroxyl groups is 1. The van der Waals surface area contributed by atoms with E-state index in [1.807, 2.05) is 6.07 Å². The lowest BCUT2D eigenvalue weighted by molar-refractivity contribution is 0.0768. The Labute approximate surface area is 151 Å². The second-order valence-corrected chi connectivity index (χ2v) is 10.1. The Hall–Kier alpha value is -0.950. The molecule has 0 saturated carbocycles. The molecule has 2 bridgehead atoms. The first-order valence-electron chi connectivity index (χ1n) is 9.19. The molecular weight excluding hydrogens is 336 g/mol. The minimum Gasteiger partial charge on any atom is -0.396 e. The summed E-state index contributed by atoms with van der Waals surface area (Å²) in [5.41, 5.74) is 1.20. The summed E-state index contributed by atoms with van der Waals surface area (Å²) in [6.07, 6.45) is 4.85. The molecule has 0 aromatic heterocycles. The van der Waals surface area contributed by atoms with Crippen molar-refractivity contribution >= 4 is 10.0 Å². The monoisotopic (exact) mass is 366 g/mol. The molecule has 0 aliphatic carbocycles. The molecule has 2 fully saturated rings. The molecule has 0 amide bonds. The van der Waals surface area contributed by atoms with E-state index < -0.39 is 10.0 Å². The highest BCUT2D eigenvalue weighted by Crippen LogP contribution is 2.51. The standard InChI is InChI=1S/C19H30N2O3S/c1-20(2)25(23,24)12-6-11-21-17-9-10-18(21)19(14-17,15-22)13-16-7-4-3-5-8-16/h3-5,7-8,17-18,22H,6,9-15H2,1-2H3/t17-,18+,19-/m1/s1. The highest BCUT2D eigenvalue weighted by molar-refractivity contribution is 7.89. The van der Waals surface area contributed by atoms with Gasteiger partial charge >= 0.3 is 0 Å². The number of aliphatic hydroxyl groups excluding tert-OH is 1. The Morgan fingerprint density at radius 2 is 1.96 bits per heavy atom. The molecule has 3 rings (SSSR count). The van der Waals surface area contributed by atoms with Crippen LogP contribution in [0.3, 0.4) is 0 Å². The van der Waals surface area contributed by atoms with Gasteiger partial charge in [0.1, 0.15) is 0 Å². The van der Waals surface area contributed by atoms with Gasteiger partial charge in [-0.3, -0.25) is 4.90 Å². The van der Waals surface area contributed by atoms with Crippen molar-refractivity contribution < 1.29 is 13.5 Å². The fraction of sp³-hybridized carbons (Fsp3) is 0.684. The third-order valence-corrected chi connectivity index (χ3v) is 8.00. The molecule has 2 aliphatic heterocycles. The van der Waals surface area contributed by atoms with E-state index in [2.05, 4.69) is 29.2 Å². The Bertz CT molecular complexity index is 677. The van der Waals surface area contributed by atoms with E-state index >= 15 is 0 Å². The van der Waals surface area contributed by atoms with Crippen LogP contribution < -0.4 is 0 Å². The second kappa shape index (κ2) is 7.35. The molecule has 0 radical (unpaired) electrons. The number of benzene rings is 1. The fourth-order valence-electron chi connectivity index (χ4n) is 4.79. The summed E-state index contributed by atoms with van der Waals surface area (Å²) >= 11 is 0. The minimum absolute atomic E-state index is 0.0787. The molecule has 1 N–H and O–H groups in total. The van der Waals surface area contributed by atoms with Crippen molar-refractivity contribution in [3.05, 3.63) is 35.9 Å². The van der Waals surface area contributed by atoms with E-state index in [1.54, 1.807) is 14.1 Å². The Morgan fingerprint density at radius 1 is 1.24 bits per heavy atom. The Morgan fingerprint density at radius 3 is 2.60 bits per heavy atom. The molecule has 3 atom stereocenters. The average molecular weight is 367 g/mol. The molecule has 0 unspecified atom stereocenters. The van der Waals surface area contributed by atoms with Gasteiger partial charge in [0.15, 0.2) is 0 Å². The zero-order valence-corrected chi connectivity index (χ0v) is 16.1. The Balaban J connectivity index is 1.66. The number of hydrogen-bond donors (Lipinski definition) is 1. The van der Waals surface area contributed by atoms with Gasteiger partial charge in [0, 0.05) is 31.6 Å². The van der Waals surface area contributed by atoms with Crippen molar-refractivity contribution in [2.45, 2.75) is 44.2 Å². The molecular formula is C19H30N2O3S. The number of nitrogens with zero attached hydrogens (tertiary/aromatic N) is 2. The van der Waals surface area contributed by atoms with Gasteiger partial charge in [0.25, 0.3) is 0 Å². The SMILES string of the molecule is CN(C)S(=O)(=O)CCCN1[C@@H]2CC[C@H]1[C@](CO)(Cc1ccccc1)C2. The summed E-state index contributed by atoms with van der Waals surface area (Å²) in [6.45, 7) is 1.01. The van der Waals surface area contributed by atoms with Crippen LogP contribution in [0.25, 0.3) is 0 Å². The van der Waals surface area contributed by atoms with E-state index in [-0.39, 0.29) is 17.8 Å². The molecule has 2 saturated heterocycles. The van der Waals surface area contributed by atoms with Crippen LogP contribution in [0.2, 0.25) is 0 Å². The van der Waals surface area contributed by atoms with Crippen LogP contribution in [-0.4, -0.2) is 67.8 Å². The maximum absolute atomic E-state index is 12.0. The largest absolute Gasteiger partial charge is 0.396 e. The van der Waals surface area contributed by atoms with Crippen LogP contribution in [0.4, 0.5) is 0 Å². The van der Waals surface area contributed by atoms with Gasteiger partial charge in [-0.2, -0.15) is 0 Å². The van der Waals surface area contributed by atoms with Crippen LogP contribution in [0.5, 0.6) is 0 Å². The molecule has 2 aliphatic rings. The summed E-state index contributed by atoms with van der Waals surface area (Å²) in [4.78, 5) is 2.48. The van der Waals surface area contributed by atoms with Gasteiger partial charge in [-0.25, -0.2) is 12.7 Å². The lowest BCUT2D eigenvalue weighted by atomic mass is 9.70. The van der Waals surface area contributed by atoms with Crippen LogP contribution in [0, 0.1) is 5.41 Å². The molecule has 0 spiro atoms. The number of sulfonamides is 1. The smallest absolute Gasteiger partial charge is 0.213 e. The molecule has 1 aromatic rings. The zero-order valence-electron chi connectivity index (χ0n) is 15.3. The van der Waals surface area contributed by atoms with Gasteiger partial charge < -0.3 is 5.11 Å². The molecule has 25 heavy (non-hydrogen) atoms. The highest BCUT2D eigenvalue weighted by Gasteiger charge is 2.54. The van der Waals surface area contributed by atoms with Crippen molar-refractivity contribution in [2.75, 3.05) is 33.0 Å². The van der Waals surface area contributed by atoms with Gasteiger partial charge in [-0.15, -0.1) is 0 Å². The summed E-state index contributed by atoms with van der Waals surface area (Å²) < 4.78 is 25.3. The second-order valence-electron chi connectivity index (χ2n) is 7.82. The van der Waals surface area contributed by atoms with E-state index in [0.29, 0.717) is 18.5 Å². The van der Waals surface area contributed by atoms with Crippen molar-refractivity contribution in [1.82, 2.24) is 9.21 Å². The van der Waals surface area contributed by atoms with Gasteiger partial charge in [0.05, 0.1) is 12.4 Å². The van der Waals surface area contributed by atoms with Crippen molar-refractivity contribution in [3.8, 4) is 0 Å². The quantitative estimate of drug-likeness (QED) is 0.761. The maximum Gasteiger partial charge on any atom is 0.213 e. The van der Waals surface area contributed by atoms with Crippen molar-refractivity contribution in [1.29, 1.82) is 0 Å². The number of hydrogen-bond acceptors (Lipinski definition) is 4. The Kier molecular flexibility index (Phi) is 5.54. The number of rotatable bonds is 8. The first kappa shape index (κ1) is 18.8. The predicted molar refractivity (Wildman–Crippen MR) is 99.9 cm³/mol. The molecule has 5 nitrogen and oxygen atoms in total. The topological polar surface area (TPSA) is 60.9 Å². The minimum atomic E-state index is -3.13. The van der Waals surface area contributed by atoms with Gasteiger partial charge in [0.2, 0.25) is 10.0 Å². The van der Waals surface area contributed by atoms with E-state index in [4.69, 9.17) is 0 Å². The van der Waals surface area contributed by atoms with Crippen molar-refractivity contribution in [2.24, 2.45) is 5.41 Å². The lowest BCUT2D eigenvalue weighted by Crippen LogP contribution is -2.42. The highest BCUT2D eigenvalue weighted by atomic mass is 32.2.